The third-order valence-corrected chi connectivity index (χ3v) is 6.58. The molecule has 0 aliphatic heterocycles. The van der Waals surface area contributed by atoms with Gasteiger partial charge in [0.25, 0.3) is 0 Å². The molecule has 0 unspecified atom stereocenters. The minimum Gasteiger partial charge on any atom is -0.382 e. The van der Waals surface area contributed by atoms with Gasteiger partial charge in [0.05, 0.1) is 158 Å². The molecule has 0 fully saturated rings. The van der Waals surface area contributed by atoms with Gasteiger partial charge in [-0.2, -0.15) is 0 Å². The van der Waals surface area contributed by atoms with Gasteiger partial charge in [-0.05, 0) is 0 Å². The standard InChI is InChI=1S/C35H70N2O14/c1-31(2)35(39)33(37-32(3)4)30-36-34(38)6-7-41-10-11-43-14-15-45-18-19-47-22-23-49-26-27-51-29-28-50-25-24-48-21-20-46-17-16-44-13-12-42-9-8-40-5/h31-33,37H,6-30H2,1-5H3,(H,36,38)/t33-/m1/s1. The average molecular weight is 743 g/mol. The van der Waals surface area contributed by atoms with E-state index in [-0.39, 0.29) is 43.2 Å². The number of nitrogens with one attached hydrogen (secondary N) is 2. The van der Waals surface area contributed by atoms with Crippen LogP contribution in [0.2, 0.25) is 0 Å². The fourth-order valence-electron chi connectivity index (χ4n) is 3.96. The van der Waals surface area contributed by atoms with E-state index in [0.717, 1.165) is 0 Å². The van der Waals surface area contributed by atoms with Crippen LogP contribution in [0.15, 0.2) is 0 Å². The second kappa shape index (κ2) is 39.8. The van der Waals surface area contributed by atoms with E-state index in [1.165, 1.54) is 0 Å². The Morgan fingerprint density at radius 3 is 0.961 bits per heavy atom. The lowest BCUT2D eigenvalue weighted by atomic mass is 10.0. The number of carbonyl (C=O) groups excluding carboxylic acids is 2. The number of carbonyl (C=O) groups is 2. The van der Waals surface area contributed by atoms with Gasteiger partial charge in [-0.3, -0.25) is 9.59 Å². The van der Waals surface area contributed by atoms with Gasteiger partial charge >= 0.3 is 0 Å². The smallest absolute Gasteiger partial charge is 0.222 e. The van der Waals surface area contributed by atoms with Crippen LogP contribution in [0.4, 0.5) is 0 Å². The molecular weight excluding hydrogens is 672 g/mol. The predicted octanol–water partition coefficient (Wildman–Crippen LogP) is 0.913. The van der Waals surface area contributed by atoms with Crippen molar-refractivity contribution in [2.24, 2.45) is 5.92 Å². The molecule has 0 rings (SSSR count). The lowest BCUT2D eigenvalue weighted by molar-refractivity contribution is -0.125. The summed E-state index contributed by atoms with van der Waals surface area (Å²) in [6, 6.07) is -0.245. The van der Waals surface area contributed by atoms with Crippen LogP contribution >= 0.6 is 0 Å². The minimum atomic E-state index is -0.392. The molecule has 0 saturated heterocycles. The highest BCUT2D eigenvalue weighted by Gasteiger charge is 2.22. The van der Waals surface area contributed by atoms with Gasteiger partial charge < -0.3 is 67.5 Å². The molecule has 16 heteroatoms. The maximum absolute atomic E-state index is 12.3. The number of rotatable bonds is 42. The molecule has 0 saturated carbocycles. The molecule has 16 nitrogen and oxygen atoms in total. The number of hydrogen-bond donors (Lipinski definition) is 2. The molecule has 51 heavy (non-hydrogen) atoms. The normalized spacial score (nSPS) is 12.3. The van der Waals surface area contributed by atoms with Crippen molar-refractivity contribution in [3.63, 3.8) is 0 Å². The highest BCUT2D eigenvalue weighted by Crippen LogP contribution is 2.01. The third kappa shape index (κ3) is 38.2. The van der Waals surface area contributed by atoms with E-state index in [1.54, 1.807) is 7.11 Å². The molecule has 0 heterocycles. The number of methoxy groups -OCH3 is 1. The summed E-state index contributed by atoms with van der Waals surface area (Å²) in [4.78, 5) is 24.4. The third-order valence-electron chi connectivity index (χ3n) is 6.58. The predicted molar refractivity (Wildman–Crippen MR) is 190 cm³/mol. The highest BCUT2D eigenvalue weighted by molar-refractivity contribution is 5.86. The van der Waals surface area contributed by atoms with Gasteiger partial charge in [0.2, 0.25) is 5.91 Å². The molecule has 0 bridgehead atoms. The maximum atomic E-state index is 12.3. The van der Waals surface area contributed by atoms with Crippen LogP contribution in [0, 0.1) is 5.92 Å². The Morgan fingerprint density at radius 1 is 0.431 bits per heavy atom. The Morgan fingerprint density at radius 2 is 0.706 bits per heavy atom. The summed E-state index contributed by atoms with van der Waals surface area (Å²) in [5.74, 6) is -0.162. The molecule has 304 valence electrons. The summed E-state index contributed by atoms with van der Waals surface area (Å²) in [6.45, 7) is 19.1. The second-order valence-electron chi connectivity index (χ2n) is 11.7. The number of hydrogen-bond acceptors (Lipinski definition) is 15. The SMILES string of the molecule is COCCOCCOCCOCCOCCOCCOCCOCCOCCOCCOCCOCCC(=O)NC[C@@H](NC(C)C)C(=O)C(C)C. The highest BCUT2D eigenvalue weighted by atomic mass is 16.6. The van der Waals surface area contributed by atoms with Crippen LogP contribution in [0.3, 0.4) is 0 Å². The number of ether oxygens (including phenoxy) is 12. The van der Waals surface area contributed by atoms with Crippen molar-refractivity contribution in [2.45, 2.75) is 46.2 Å². The summed E-state index contributed by atoms with van der Waals surface area (Å²) in [5.41, 5.74) is 0. The maximum Gasteiger partial charge on any atom is 0.222 e. The van der Waals surface area contributed by atoms with Crippen LogP contribution < -0.4 is 10.6 Å². The van der Waals surface area contributed by atoms with Crippen LogP contribution in [0.1, 0.15) is 34.1 Å². The Balaban J connectivity index is 3.25. The minimum absolute atomic E-state index is 0.0866. The molecule has 2 N–H and O–H groups in total. The lowest BCUT2D eigenvalue weighted by Crippen LogP contribution is -2.50. The number of ketones is 1. The zero-order chi connectivity index (χ0) is 37.5. The summed E-state index contributed by atoms with van der Waals surface area (Å²) >= 11 is 0. The van der Waals surface area contributed by atoms with E-state index in [1.807, 2.05) is 27.7 Å². The molecule has 0 aromatic heterocycles. The first-order chi connectivity index (χ1) is 24.9. The number of Topliss-reactive ketones (excluding diaryl/α,β-unsaturated/α-hetero) is 1. The van der Waals surface area contributed by atoms with E-state index in [4.69, 9.17) is 56.8 Å². The summed E-state index contributed by atoms with van der Waals surface area (Å²) in [6.07, 6.45) is 0.226. The Bertz CT molecular complexity index is 751. The van der Waals surface area contributed by atoms with Crippen LogP contribution in [0.25, 0.3) is 0 Å². The molecular formula is C35H70N2O14. The first-order valence-electron chi connectivity index (χ1n) is 18.3. The van der Waals surface area contributed by atoms with Gasteiger partial charge in [-0.1, -0.05) is 27.7 Å². The molecule has 0 aromatic carbocycles. The van der Waals surface area contributed by atoms with Gasteiger partial charge in [0.15, 0.2) is 5.78 Å². The summed E-state index contributed by atoms with van der Waals surface area (Å²) < 4.78 is 64.8. The Kier molecular flexibility index (Phi) is 38.7. The van der Waals surface area contributed by atoms with Gasteiger partial charge in [0, 0.05) is 32.0 Å². The molecule has 0 aliphatic carbocycles. The molecule has 0 spiro atoms. The summed E-state index contributed by atoms with van der Waals surface area (Å²) in [7, 11) is 1.64. The van der Waals surface area contributed by atoms with E-state index in [2.05, 4.69) is 10.6 Å². The van der Waals surface area contributed by atoms with E-state index in [9.17, 15) is 9.59 Å². The van der Waals surface area contributed by atoms with Crippen molar-refractivity contribution in [1.29, 1.82) is 0 Å². The molecule has 0 aliphatic rings. The van der Waals surface area contributed by atoms with Crippen molar-refractivity contribution in [3.05, 3.63) is 0 Å². The van der Waals surface area contributed by atoms with Gasteiger partial charge in [-0.25, -0.2) is 0 Å². The zero-order valence-electron chi connectivity index (χ0n) is 32.1. The van der Waals surface area contributed by atoms with Gasteiger partial charge in [-0.15, -0.1) is 0 Å². The average Bonchev–Trinajstić information content (AvgIpc) is 3.11. The number of amides is 1. The monoisotopic (exact) mass is 742 g/mol. The van der Waals surface area contributed by atoms with Crippen molar-refractivity contribution < 1.29 is 66.4 Å². The molecule has 1 amide bonds. The van der Waals surface area contributed by atoms with Crippen molar-refractivity contribution in [1.82, 2.24) is 10.6 Å². The van der Waals surface area contributed by atoms with Gasteiger partial charge in [0.1, 0.15) is 0 Å². The zero-order valence-corrected chi connectivity index (χ0v) is 32.1. The van der Waals surface area contributed by atoms with Crippen molar-refractivity contribution >= 4 is 11.7 Å². The lowest BCUT2D eigenvalue weighted by Gasteiger charge is -2.22. The fourth-order valence-corrected chi connectivity index (χ4v) is 3.96. The molecule has 0 radical (unpaired) electrons. The Labute approximate surface area is 306 Å². The largest absolute Gasteiger partial charge is 0.382 e. The van der Waals surface area contributed by atoms with Crippen molar-refractivity contribution in [3.8, 4) is 0 Å². The summed E-state index contributed by atoms with van der Waals surface area (Å²) in [5, 5.41) is 6.02. The van der Waals surface area contributed by atoms with Crippen LogP contribution in [-0.4, -0.2) is 189 Å². The quantitative estimate of drug-likeness (QED) is 0.0847. The second-order valence-corrected chi connectivity index (χ2v) is 11.7. The van der Waals surface area contributed by atoms with Crippen molar-refractivity contribution in [2.75, 3.05) is 166 Å². The van der Waals surface area contributed by atoms with E-state index >= 15 is 0 Å². The topological polar surface area (TPSA) is 169 Å². The van der Waals surface area contributed by atoms with E-state index in [0.29, 0.717) is 145 Å². The fraction of sp³-hybridized carbons (Fsp3) is 0.943. The molecule has 1 atom stereocenters. The first kappa shape index (κ1) is 49.6. The van der Waals surface area contributed by atoms with Crippen LogP contribution in [0.5, 0.6) is 0 Å². The Hall–Kier alpha value is -1.38. The van der Waals surface area contributed by atoms with E-state index < -0.39 is 6.04 Å². The van der Waals surface area contributed by atoms with Crippen LogP contribution in [-0.2, 0) is 66.4 Å². The molecule has 0 aromatic rings. The first-order valence-corrected chi connectivity index (χ1v) is 18.3.